The number of amides is 2. The van der Waals surface area contributed by atoms with Crippen molar-refractivity contribution in [3.63, 3.8) is 0 Å². The lowest BCUT2D eigenvalue weighted by Gasteiger charge is -2.31. The number of nitro benzene ring substituents is 1. The number of likely N-dealkylation sites (tertiary alicyclic amines) is 1. The molecule has 1 aliphatic heterocycles. The second kappa shape index (κ2) is 6.33. The summed E-state index contributed by atoms with van der Waals surface area (Å²) in [5.41, 5.74) is 6.34. The highest BCUT2D eigenvalue weighted by atomic mass is 16.6. The normalized spacial score (nSPS) is 16.1. The lowest BCUT2D eigenvalue weighted by molar-refractivity contribution is -0.384. The van der Waals surface area contributed by atoms with E-state index in [0.29, 0.717) is 25.7 Å². The molecule has 2 amide bonds. The van der Waals surface area contributed by atoms with Gasteiger partial charge in [-0.05, 0) is 18.4 Å². The Hall–Kier alpha value is -2.15. The molecule has 0 aliphatic carbocycles. The minimum Gasteiger partial charge on any atom is -0.351 e. The maximum Gasteiger partial charge on any atom is 0.314 e. The van der Waals surface area contributed by atoms with Gasteiger partial charge in [0.25, 0.3) is 5.69 Å². The second-order valence-corrected chi connectivity index (χ2v) is 4.90. The molecule has 1 fully saturated rings. The van der Waals surface area contributed by atoms with E-state index in [1.165, 1.54) is 12.1 Å². The van der Waals surface area contributed by atoms with Gasteiger partial charge in [-0.1, -0.05) is 12.1 Å². The Morgan fingerprint density at radius 2 is 1.95 bits per heavy atom. The van der Waals surface area contributed by atoms with Crippen LogP contribution in [0.4, 0.5) is 10.5 Å². The van der Waals surface area contributed by atoms with Crippen LogP contribution >= 0.6 is 0 Å². The third-order valence-corrected chi connectivity index (χ3v) is 3.55. The summed E-state index contributed by atoms with van der Waals surface area (Å²) in [6.45, 7) is 2.01. The number of piperidine rings is 1. The van der Waals surface area contributed by atoms with E-state index < -0.39 is 4.92 Å². The number of rotatable bonds is 4. The first-order chi connectivity index (χ1) is 9.56. The van der Waals surface area contributed by atoms with Crippen molar-refractivity contribution in [3.05, 3.63) is 39.9 Å². The van der Waals surface area contributed by atoms with Crippen LogP contribution in [0.15, 0.2) is 24.3 Å². The van der Waals surface area contributed by atoms with Crippen LogP contribution in [0.3, 0.4) is 0 Å². The van der Waals surface area contributed by atoms with E-state index in [1.807, 2.05) is 0 Å². The van der Waals surface area contributed by atoms with Crippen LogP contribution in [0, 0.1) is 10.1 Å². The minimum atomic E-state index is -0.406. The van der Waals surface area contributed by atoms with Crippen LogP contribution in [0.1, 0.15) is 18.4 Å². The summed E-state index contributed by atoms with van der Waals surface area (Å²) < 4.78 is 0. The number of carbonyl (C=O) groups is 1. The van der Waals surface area contributed by atoms with Crippen LogP contribution in [-0.2, 0) is 6.54 Å². The summed E-state index contributed by atoms with van der Waals surface area (Å²) in [5, 5.41) is 13.9. The predicted octanol–water partition coefficient (Wildman–Crippen LogP) is 1.23. The molecular weight excluding hydrogens is 260 g/mol. The van der Waals surface area contributed by atoms with E-state index in [2.05, 4.69) is 5.32 Å². The number of urea groups is 1. The Bertz CT molecular complexity index is 481. The average molecular weight is 278 g/mol. The zero-order chi connectivity index (χ0) is 14.5. The van der Waals surface area contributed by atoms with Crippen molar-refractivity contribution in [2.24, 2.45) is 5.73 Å². The van der Waals surface area contributed by atoms with Crippen LogP contribution in [-0.4, -0.2) is 35.0 Å². The number of carbonyl (C=O) groups excluding carboxylic acids is 1. The van der Waals surface area contributed by atoms with Crippen molar-refractivity contribution in [3.8, 4) is 0 Å². The topological polar surface area (TPSA) is 102 Å². The van der Waals surface area contributed by atoms with Crippen molar-refractivity contribution >= 4 is 11.7 Å². The number of nitrogens with zero attached hydrogens (tertiary/aromatic N) is 2. The predicted molar refractivity (Wildman–Crippen MR) is 74.1 cm³/mol. The Morgan fingerprint density at radius 3 is 2.45 bits per heavy atom. The molecule has 1 aromatic carbocycles. The van der Waals surface area contributed by atoms with Gasteiger partial charge in [0.1, 0.15) is 0 Å². The molecular formula is C13H18N4O3. The van der Waals surface area contributed by atoms with Crippen molar-refractivity contribution in [2.45, 2.75) is 25.4 Å². The van der Waals surface area contributed by atoms with Crippen LogP contribution in [0.25, 0.3) is 0 Å². The summed E-state index contributed by atoms with van der Waals surface area (Å²) in [6, 6.07) is 6.51. The van der Waals surface area contributed by atoms with E-state index in [1.54, 1.807) is 17.0 Å². The Balaban J connectivity index is 1.78. The molecule has 0 bridgehead atoms. The molecule has 108 valence electrons. The molecule has 0 aromatic heterocycles. The maximum absolute atomic E-state index is 11.0. The largest absolute Gasteiger partial charge is 0.351 e. The number of non-ortho nitro benzene ring substituents is 1. The van der Waals surface area contributed by atoms with Gasteiger partial charge in [0.15, 0.2) is 0 Å². The highest BCUT2D eigenvalue weighted by Crippen LogP contribution is 2.14. The smallest absolute Gasteiger partial charge is 0.314 e. The zero-order valence-electron chi connectivity index (χ0n) is 11.1. The summed E-state index contributed by atoms with van der Waals surface area (Å²) in [4.78, 5) is 22.8. The molecule has 7 heteroatoms. The van der Waals surface area contributed by atoms with E-state index in [0.717, 1.165) is 18.4 Å². The summed E-state index contributed by atoms with van der Waals surface area (Å²) in [6.07, 6.45) is 1.74. The zero-order valence-corrected chi connectivity index (χ0v) is 11.1. The Kier molecular flexibility index (Phi) is 4.52. The summed E-state index contributed by atoms with van der Waals surface area (Å²) in [7, 11) is 0. The third kappa shape index (κ3) is 3.67. The van der Waals surface area contributed by atoms with Crippen molar-refractivity contribution in [2.75, 3.05) is 13.1 Å². The van der Waals surface area contributed by atoms with Gasteiger partial charge in [-0.3, -0.25) is 10.1 Å². The van der Waals surface area contributed by atoms with Gasteiger partial charge in [0.05, 0.1) is 4.92 Å². The minimum absolute atomic E-state index is 0.100. The van der Waals surface area contributed by atoms with Crippen molar-refractivity contribution in [1.29, 1.82) is 0 Å². The summed E-state index contributed by atoms with van der Waals surface area (Å²) in [5.74, 6) is 0. The molecule has 20 heavy (non-hydrogen) atoms. The Labute approximate surface area is 116 Å². The standard InChI is InChI=1S/C13H18N4O3/c14-13(18)16-7-5-11(6-8-16)15-9-10-1-3-12(4-2-10)17(19)20/h1-4,11,15H,5-9H2,(H2,14,18). The maximum atomic E-state index is 11.0. The monoisotopic (exact) mass is 278 g/mol. The van der Waals surface area contributed by atoms with Gasteiger partial charge in [0, 0.05) is 37.8 Å². The molecule has 0 unspecified atom stereocenters. The molecule has 3 N–H and O–H groups in total. The molecule has 2 rings (SSSR count). The lowest BCUT2D eigenvalue weighted by Crippen LogP contribution is -2.46. The van der Waals surface area contributed by atoms with Crippen molar-refractivity contribution < 1.29 is 9.72 Å². The van der Waals surface area contributed by atoms with Gasteiger partial charge in [0.2, 0.25) is 0 Å². The Morgan fingerprint density at radius 1 is 1.35 bits per heavy atom. The van der Waals surface area contributed by atoms with E-state index >= 15 is 0 Å². The number of nitrogens with two attached hydrogens (primary N) is 1. The van der Waals surface area contributed by atoms with Gasteiger partial charge in [-0.15, -0.1) is 0 Å². The molecule has 7 nitrogen and oxygen atoms in total. The highest BCUT2D eigenvalue weighted by molar-refractivity contribution is 5.72. The summed E-state index contributed by atoms with van der Waals surface area (Å²) >= 11 is 0. The van der Waals surface area contributed by atoms with Gasteiger partial charge in [-0.2, -0.15) is 0 Å². The fourth-order valence-electron chi connectivity index (χ4n) is 2.30. The van der Waals surface area contributed by atoms with E-state index in [4.69, 9.17) is 5.73 Å². The van der Waals surface area contributed by atoms with Crippen LogP contribution < -0.4 is 11.1 Å². The molecule has 0 saturated carbocycles. The number of benzene rings is 1. The fraction of sp³-hybridized carbons (Fsp3) is 0.462. The first-order valence-electron chi connectivity index (χ1n) is 6.57. The molecule has 1 aliphatic rings. The number of nitro groups is 1. The van der Waals surface area contributed by atoms with Crippen LogP contribution in [0.2, 0.25) is 0 Å². The number of primary amides is 1. The van der Waals surface area contributed by atoms with Gasteiger partial charge < -0.3 is 16.0 Å². The molecule has 1 aromatic rings. The second-order valence-electron chi connectivity index (χ2n) is 4.90. The first-order valence-corrected chi connectivity index (χ1v) is 6.57. The molecule has 0 radical (unpaired) electrons. The van der Waals surface area contributed by atoms with Crippen molar-refractivity contribution in [1.82, 2.24) is 10.2 Å². The number of hydrogen-bond donors (Lipinski definition) is 2. The quantitative estimate of drug-likeness (QED) is 0.638. The number of hydrogen-bond acceptors (Lipinski definition) is 4. The van der Waals surface area contributed by atoms with E-state index in [-0.39, 0.29) is 11.7 Å². The van der Waals surface area contributed by atoms with Gasteiger partial charge in [-0.25, -0.2) is 4.79 Å². The first kappa shape index (κ1) is 14.3. The molecule has 1 heterocycles. The average Bonchev–Trinajstić information content (AvgIpc) is 2.46. The van der Waals surface area contributed by atoms with Gasteiger partial charge >= 0.3 is 6.03 Å². The molecule has 1 saturated heterocycles. The third-order valence-electron chi connectivity index (χ3n) is 3.55. The van der Waals surface area contributed by atoms with E-state index in [9.17, 15) is 14.9 Å². The number of nitrogens with one attached hydrogen (secondary N) is 1. The highest BCUT2D eigenvalue weighted by Gasteiger charge is 2.20. The van der Waals surface area contributed by atoms with Crippen LogP contribution in [0.5, 0.6) is 0 Å². The molecule has 0 spiro atoms. The lowest BCUT2D eigenvalue weighted by atomic mass is 10.0. The SMILES string of the molecule is NC(=O)N1CCC(NCc2ccc([N+](=O)[O-])cc2)CC1. The fourth-order valence-corrected chi connectivity index (χ4v) is 2.30. The molecule has 0 atom stereocenters.